The molecule has 2 heterocycles. The Balaban J connectivity index is 1.51. The van der Waals surface area contributed by atoms with Crippen molar-refractivity contribution < 1.29 is 13.6 Å². The third kappa shape index (κ3) is 5.16. The molecule has 0 unspecified atom stereocenters. The number of carbonyl (C=O) groups excluding carboxylic acids is 1. The van der Waals surface area contributed by atoms with Crippen LogP contribution in [0, 0.1) is 18.6 Å². The molecular weight excluding hydrogens is 456 g/mol. The Hall–Kier alpha value is -4.21. The monoisotopic (exact) mass is 479 g/mol. The maximum atomic E-state index is 13.6. The number of benzene rings is 2. The molecule has 0 aliphatic carbocycles. The molecule has 1 amide bonds. The lowest BCUT2D eigenvalue weighted by atomic mass is 10.1. The number of nitrogens with zero attached hydrogens (tertiary/aromatic N) is 4. The van der Waals surface area contributed by atoms with E-state index in [2.05, 4.69) is 15.5 Å². The van der Waals surface area contributed by atoms with Crippen LogP contribution >= 0.6 is 0 Å². The van der Waals surface area contributed by atoms with Crippen molar-refractivity contribution in [2.75, 3.05) is 0 Å². The van der Waals surface area contributed by atoms with Crippen LogP contribution in [-0.2, 0) is 17.9 Å². The average Bonchev–Trinajstić information content (AvgIpc) is 2.85. The second-order valence-electron chi connectivity index (χ2n) is 8.13. The number of fused-ring (bicyclic) bond motifs is 1. The molecule has 180 valence electrons. The summed E-state index contributed by atoms with van der Waals surface area (Å²) in [6.45, 7) is 3.37. The van der Waals surface area contributed by atoms with Gasteiger partial charge >= 0.3 is 0 Å². The highest BCUT2D eigenvalue weighted by Crippen LogP contribution is 2.18. The van der Waals surface area contributed by atoms with Crippen molar-refractivity contribution in [3.8, 4) is 11.3 Å². The summed E-state index contributed by atoms with van der Waals surface area (Å²) in [6.07, 6.45) is 0.480. The van der Waals surface area contributed by atoms with E-state index in [0.717, 1.165) is 26.9 Å². The number of amides is 1. The molecule has 0 bridgehead atoms. The van der Waals surface area contributed by atoms with Gasteiger partial charge in [0.1, 0.15) is 6.54 Å². The largest absolute Gasteiger partial charge is 0.350 e. The number of carbonyl (C=O) groups is 1. The van der Waals surface area contributed by atoms with Crippen molar-refractivity contribution >= 4 is 16.7 Å². The van der Waals surface area contributed by atoms with Crippen LogP contribution in [-0.4, -0.2) is 31.5 Å². The molecule has 10 heteroatoms. The standard InChI is InChI=1S/C25H23F2N5O3/c1-3-17(13-31-24(34)11-10-22(30-31)16-8-9-20(26)21(27)12-16)28-23(33)14-32-25(35)19-7-5-4-6-18(19)15(2)29-32/h4-12,17H,3,13-14H2,1-2H3,(H,28,33)/t17-/m1/s1. The maximum Gasteiger partial charge on any atom is 0.275 e. The number of aryl methyl sites for hydroxylation is 1. The number of rotatable bonds is 7. The number of hydrogen-bond donors (Lipinski definition) is 1. The molecule has 0 spiro atoms. The van der Waals surface area contributed by atoms with E-state index in [1.807, 2.05) is 13.0 Å². The van der Waals surface area contributed by atoms with Gasteiger partial charge in [0.05, 0.1) is 23.3 Å². The SMILES string of the molecule is CC[C@H](Cn1nc(-c2ccc(F)c(F)c2)ccc1=O)NC(=O)Cn1nc(C)c2ccccc2c1=O. The summed E-state index contributed by atoms with van der Waals surface area (Å²) in [4.78, 5) is 37.8. The van der Waals surface area contributed by atoms with Gasteiger partial charge in [-0.3, -0.25) is 14.4 Å². The van der Waals surface area contributed by atoms with Crippen LogP contribution in [0.1, 0.15) is 19.0 Å². The second-order valence-corrected chi connectivity index (χ2v) is 8.13. The molecule has 8 nitrogen and oxygen atoms in total. The number of nitrogens with one attached hydrogen (secondary N) is 1. The van der Waals surface area contributed by atoms with Gasteiger partial charge in [-0.05, 0) is 43.7 Å². The number of aromatic nitrogens is 4. The van der Waals surface area contributed by atoms with Crippen molar-refractivity contribution in [2.24, 2.45) is 0 Å². The fourth-order valence-electron chi connectivity index (χ4n) is 3.80. The molecule has 4 aromatic rings. The van der Waals surface area contributed by atoms with Crippen LogP contribution in [0.3, 0.4) is 0 Å². The first-order valence-electron chi connectivity index (χ1n) is 11.1. The Kier molecular flexibility index (Phi) is 6.81. The minimum Gasteiger partial charge on any atom is -0.350 e. The topological polar surface area (TPSA) is 98.9 Å². The molecule has 0 saturated heterocycles. The van der Waals surface area contributed by atoms with Crippen LogP contribution in [0.5, 0.6) is 0 Å². The fraction of sp³-hybridized carbons (Fsp3) is 0.240. The minimum atomic E-state index is -1.02. The molecule has 0 fully saturated rings. The van der Waals surface area contributed by atoms with Gasteiger partial charge in [0.2, 0.25) is 5.91 Å². The molecule has 0 radical (unpaired) electrons. The van der Waals surface area contributed by atoms with Crippen molar-refractivity contribution in [3.63, 3.8) is 0 Å². The number of halogens is 2. The van der Waals surface area contributed by atoms with Gasteiger partial charge in [0.25, 0.3) is 11.1 Å². The summed E-state index contributed by atoms with van der Waals surface area (Å²) < 4.78 is 29.2. The minimum absolute atomic E-state index is 0.0532. The predicted molar refractivity (Wildman–Crippen MR) is 127 cm³/mol. The Morgan fingerprint density at radius 1 is 0.971 bits per heavy atom. The Morgan fingerprint density at radius 2 is 1.71 bits per heavy atom. The van der Waals surface area contributed by atoms with Crippen molar-refractivity contribution in [1.82, 2.24) is 24.9 Å². The Bertz CT molecular complexity index is 1530. The average molecular weight is 479 g/mol. The molecular formula is C25H23F2N5O3. The lowest BCUT2D eigenvalue weighted by molar-refractivity contribution is -0.122. The van der Waals surface area contributed by atoms with Gasteiger partial charge in [0, 0.05) is 23.1 Å². The van der Waals surface area contributed by atoms with Crippen LogP contribution < -0.4 is 16.4 Å². The highest BCUT2D eigenvalue weighted by atomic mass is 19.2. The van der Waals surface area contributed by atoms with E-state index in [1.54, 1.807) is 25.1 Å². The molecule has 2 aromatic carbocycles. The van der Waals surface area contributed by atoms with Gasteiger partial charge in [-0.25, -0.2) is 18.1 Å². The molecule has 2 aromatic heterocycles. The molecule has 4 rings (SSSR count). The molecule has 1 N–H and O–H groups in total. The highest BCUT2D eigenvalue weighted by molar-refractivity contribution is 5.83. The van der Waals surface area contributed by atoms with E-state index >= 15 is 0 Å². The number of hydrogen-bond acceptors (Lipinski definition) is 5. The van der Waals surface area contributed by atoms with Gasteiger partial charge in [0.15, 0.2) is 11.6 Å². The van der Waals surface area contributed by atoms with Crippen LogP contribution in [0.15, 0.2) is 64.2 Å². The first-order chi connectivity index (χ1) is 16.8. The Morgan fingerprint density at radius 3 is 2.43 bits per heavy atom. The van der Waals surface area contributed by atoms with E-state index in [-0.39, 0.29) is 24.3 Å². The molecule has 1 atom stereocenters. The van der Waals surface area contributed by atoms with Gasteiger partial charge in [-0.2, -0.15) is 10.2 Å². The Labute approximate surface area is 198 Å². The smallest absolute Gasteiger partial charge is 0.275 e. The maximum absolute atomic E-state index is 13.6. The zero-order chi connectivity index (χ0) is 25.1. The molecule has 0 aliphatic heterocycles. The van der Waals surface area contributed by atoms with E-state index < -0.39 is 29.1 Å². The molecule has 35 heavy (non-hydrogen) atoms. The van der Waals surface area contributed by atoms with E-state index in [4.69, 9.17) is 0 Å². The molecule has 0 aliphatic rings. The van der Waals surface area contributed by atoms with Crippen LogP contribution in [0.4, 0.5) is 8.78 Å². The summed E-state index contributed by atoms with van der Waals surface area (Å²) in [5.74, 6) is -2.44. The summed E-state index contributed by atoms with van der Waals surface area (Å²) in [6, 6.07) is 12.6. The lowest BCUT2D eigenvalue weighted by Gasteiger charge is -2.18. The normalized spacial score (nSPS) is 12.0. The zero-order valence-corrected chi connectivity index (χ0v) is 19.2. The summed E-state index contributed by atoms with van der Waals surface area (Å²) >= 11 is 0. The summed E-state index contributed by atoms with van der Waals surface area (Å²) in [7, 11) is 0. The van der Waals surface area contributed by atoms with Gasteiger partial charge in [-0.15, -0.1) is 0 Å². The lowest BCUT2D eigenvalue weighted by Crippen LogP contribution is -2.43. The van der Waals surface area contributed by atoms with Gasteiger partial charge < -0.3 is 5.32 Å². The second kappa shape index (κ2) is 9.96. The summed E-state index contributed by atoms with van der Waals surface area (Å²) in [5, 5.41) is 12.5. The predicted octanol–water partition coefficient (Wildman–Crippen LogP) is 2.80. The quantitative estimate of drug-likeness (QED) is 0.440. The van der Waals surface area contributed by atoms with E-state index in [9.17, 15) is 23.2 Å². The highest BCUT2D eigenvalue weighted by Gasteiger charge is 2.16. The third-order valence-electron chi connectivity index (χ3n) is 5.68. The van der Waals surface area contributed by atoms with Crippen molar-refractivity contribution in [1.29, 1.82) is 0 Å². The first kappa shape index (κ1) is 23.9. The zero-order valence-electron chi connectivity index (χ0n) is 19.2. The van der Waals surface area contributed by atoms with E-state index in [0.29, 0.717) is 23.1 Å². The third-order valence-corrected chi connectivity index (χ3v) is 5.68. The van der Waals surface area contributed by atoms with E-state index in [1.165, 1.54) is 18.2 Å². The molecule has 0 saturated carbocycles. The van der Waals surface area contributed by atoms with Crippen molar-refractivity contribution in [3.05, 3.63) is 92.6 Å². The fourth-order valence-corrected chi connectivity index (χ4v) is 3.80. The first-order valence-corrected chi connectivity index (χ1v) is 11.1. The summed E-state index contributed by atoms with van der Waals surface area (Å²) in [5.41, 5.74) is 0.447. The van der Waals surface area contributed by atoms with Crippen LogP contribution in [0.2, 0.25) is 0 Å². The van der Waals surface area contributed by atoms with Gasteiger partial charge in [-0.1, -0.05) is 25.1 Å². The van der Waals surface area contributed by atoms with Crippen molar-refractivity contribution in [2.45, 2.75) is 39.4 Å². The van der Waals surface area contributed by atoms with Crippen LogP contribution in [0.25, 0.3) is 22.0 Å².